The molecule has 0 spiro atoms. The Balaban J connectivity index is 1.78. The van der Waals surface area contributed by atoms with Gasteiger partial charge in [-0.25, -0.2) is 22.7 Å². The molecule has 1 aliphatic heterocycles. The number of hydrogen-bond acceptors (Lipinski definition) is 5. The molecule has 10 heteroatoms. The summed E-state index contributed by atoms with van der Waals surface area (Å²) < 4.78 is 29.0. The highest BCUT2D eigenvalue weighted by atomic mass is 32.2. The Bertz CT molecular complexity index is 707. The smallest absolute Gasteiger partial charge is 0.414 e. The second kappa shape index (κ2) is 7.97. The van der Waals surface area contributed by atoms with Crippen molar-refractivity contribution in [2.24, 2.45) is 0 Å². The molecule has 1 aliphatic rings. The Kier molecular flexibility index (Phi) is 5.99. The summed E-state index contributed by atoms with van der Waals surface area (Å²) in [7, 11) is -3.21. The molecule has 132 valence electrons. The molecule has 24 heavy (non-hydrogen) atoms. The van der Waals surface area contributed by atoms with E-state index in [1.54, 1.807) is 24.3 Å². The zero-order chi connectivity index (χ0) is 17.6. The van der Waals surface area contributed by atoms with Gasteiger partial charge in [0.1, 0.15) is 6.61 Å². The van der Waals surface area contributed by atoms with Gasteiger partial charge in [0.15, 0.2) is 0 Å². The van der Waals surface area contributed by atoms with Crippen molar-refractivity contribution in [3.05, 3.63) is 24.3 Å². The lowest BCUT2D eigenvalue weighted by Crippen LogP contribution is -2.32. The van der Waals surface area contributed by atoms with Crippen LogP contribution >= 0.6 is 0 Å². The average molecular weight is 356 g/mol. The summed E-state index contributed by atoms with van der Waals surface area (Å²) in [4.78, 5) is 24.8. The third-order valence-corrected chi connectivity index (χ3v) is 3.91. The molecule has 3 N–H and O–H groups in total. The van der Waals surface area contributed by atoms with Gasteiger partial charge in [0.05, 0.1) is 12.8 Å². The van der Waals surface area contributed by atoms with Gasteiger partial charge in [0.2, 0.25) is 10.0 Å². The summed E-state index contributed by atoms with van der Waals surface area (Å²) in [6.45, 7) is 1.40. The number of hydrogen-bond donors (Lipinski definition) is 3. The first kappa shape index (κ1) is 18.0. The van der Waals surface area contributed by atoms with E-state index < -0.39 is 22.1 Å². The second-order valence-electron chi connectivity index (χ2n) is 5.22. The van der Waals surface area contributed by atoms with Crippen molar-refractivity contribution < 1.29 is 22.7 Å². The number of urea groups is 1. The van der Waals surface area contributed by atoms with Crippen LogP contribution in [-0.2, 0) is 14.8 Å². The summed E-state index contributed by atoms with van der Waals surface area (Å²) in [6, 6.07) is 6.46. The minimum Gasteiger partial charge on any atom is -0.447 e. The molecule has 3 amide bonds. The minimum absolute atomic E-state index is 0.256. The summed E-state index contributed by atoms with van der Waals surface area (Å²) in [5.74, 6) is 0. The van der Waals surface area contributed by atoms with E-state index in [0.29, 0.717) is 37.5 Å². The Hall–Kier alpha value is -2.33. The quantitative estimate of drug-likeness (QED) is 0.622. The average Bonchev–Trinajstić information content (AvgIpc) is 2.92. The predicted molar refractivity (Wildman–Crippen MR) is 89.6 cm³/mol. The molecule has 1 aromatic carbocycles. The normalized spacial score (nSPS) is 14.4. The topological polar surface area (TPSA) is 117 Å². The van der Waals surface area contributed by atoms with Crippen LogP contribution in [0.3, 0.4) is 0 Å². The highest BCUT2D eigenvalue weighted by Crippen LogP contribution is 2.22. The first-order chi connectivity index (χ1) is 11.3. The lowest BCUT2D eigenvalue weighted by molar-refractivity contribution is 0.181. The van der Waals surface area contributed by atoms with Crippen LogP contribution in [0.4, 0.5) is 21.0 Å². The van der Waals surface area contributed by atoms with Gasteiger partial charge in [-0.3, -0.25) is 4.90 Å². The van der Waals surface area contributed by atoms with Crippen molar-refractivity contribution >= 4 is 33.5 Å². The second-order valence-corrected chi connectivity index (χ2v) is 7.05. The van der Waals surface area contributed by atoms with Gasteiger partial charge in [0.25, 0.3) is 0 Å². The molecule has 0 aromatic heterocycles. The molecule has 2 rings (SSSR count). The maximum Gasteiger partial charge on any atom is 0.414 e. The fraction of sp³-hybridized carbons (Fsp3) is 0.429. The van der Waals surface area contributed by atoms with Crippen molar-refractivity contribution in [1.29, 1.82) is 0 Å². The number of anilines is 2. The van der Waals surface area contributed by atoms with Crippen molar-refractivity contribution in [1.82, 2.24) is 10.0 Å². The number of sulfonamides is 1. The van der Waals surface area contributed by atoms with Crippen LogP contribution in [0.25, 0.3) is 0 Å². The van der Waals surface area contributed by atoms with Crippen LogP contribution in [0, 0.1) is 0 Å². The molecule has 0 aliphatic carbocycles. The van der Waals surface area contributed by atoms with Crippen LogP contribution in [0.15, 0.2) is 24.3 Å². The number of cyclic esters (lactones) is 1. The maximum absolute atomic E-state index is 11.8. The highest BCUT2D eigenvalue weighted by Gasteiger charge is 2.23. The fourth-order valence-electron chi connectivity index (χ4n) is 2.10. The molecule has 0 radical (unpaired) electrons. The number of rotatable bonds is 7. The molecule has 1 fully saturated rings. The lowest BCUT2D eigenvalue weighted by Gasteiger charge is -2.14. The minimum atomic E-state index is -3.21. The van der Waals surface area contributed by atoms with Gasteiger partial charge in [-0.15, -0.1) is 0 Å². The van der Waals surface area contributed by atoms with Gasteiger partial charge < -0.3 is 15.4 Å². The first-order valence-electron chi connectivity index (χ1n) is 7.39. The van der Waals surface area contributed by atoms with E-state index in [0.717, 1.165) is 6.26 Å². The third-order valence-electron chi connectivity index (χ3n) is 3.18. The summed E-state index contributed by atoms with van der Waals surface area (Å²) in [5.41, 5.74) is 1.19. The molecule has 0 bridgehead atoms. The number of carbonyl (C=O) groups is 2. The molecular weight excluding hydrogens is 336 g/mol. The molecule has 1 saturated heterocycles. The van der Waals surface area contributed by atoms with Crippen LogP contribution in [0.2, 0.25) is 0 Å². The number of benzene rings is 1. The van der Waals surface area contributed by atoms with E-state index >= 15 is 0 Å². The maximum atomic E-state index is 11.8. The Morgan fingerprint density at radius 2 is 2.12 bits per heavy atom. The molecule has 0 unspecified atom stereocenters. The van der Waals surface area contributed by atoms with E-state index in [4.69, 9.17) is 4.74 Å². The molecule has 1 aromatic rings. The first-order valence-corrected chi connectivity index (χ1v) is 9.28. The molecular formula is C14H20N4O5S. The number of nitrogens with zero attached hydrogens (tertiary/aromatic N) is 1. The number of nitrogens with one attached hydrogen (secondary N) is 3. The van der Waals surface area contributed by atoms with Crippen LogP contribution in [-0.4, -0.2) is 53.0 Å². The van der Waals surface area contributed by atoms with Crippen molar-refractivity contribution in [2.45, 2.75) is 6.42 Å². The van der Waals surface area contributed by atoms with E-state index in [2.05, 4.69) is 15.4 Å². The number of amides is 3. The van der Waals surface area contributed by atoms with E-state index in [-0.39, 0.29) is 6.54 Å². The Labute approximate surface area is 140 Å². The zero-order valence-corrected chi connectivity index (χ0v) is 14.1. The van der Waals surface area contributed by atoms with Gasteiger partial charge in [-0.1, -0.05) is 6.07 Å². The van der Waals surface area contributed by atoms with Crippen molar-refractivity contribution in [3.8, 4) is 0 Å². The van der Waals surface area contributed by atoms with E-state index in [1.165, 1.54) is 4.90 Å². The molecule has 0 atom stereocenters. The molecule has 0 saturated carbocycles. The summed E-state index contributed by atoms with van der Waals surface area (Å²) in [5, 5.41) is 5.29. The zero-order valence-electron chi connectivity index (χ0n) is 13.2. The molecule has 1 heterocycles. The van der Waals surface area contributed by atoms with Crippen LogP contribution < -0.4 is 20.3 Å². The third kappa shape index (κ3) is 5.70. The van der Waals surface area contributed by atoms with Crippen molar-refractivity contribution in [2.75, 3.05) is 42.7 Å². The predicted octanol–water partition coefficient (Wildman–Crippen LogP) is 0.704. The fourth-order valence-corrected chi connectivity index (χ4v) is 2.62. The van der Waals surface area contributed by atoms with Gasteiger partial charge >= 0.3 is 12.1 Å². The van der Waals surface area contributed by atoms with Gasteiger partial charge in [-0.05, 0) is 24.6 Å². The summed E-state index contributed by atoms with van der Waals surface area (Å²) in [6.07, 6.45) is 1.14. The van der Waals surface area contributed by atoms with E-state index in [1.807, 2.05) is 0 Å². The standard InChI is InChI=1S/C14H20N4O5S/c1-24(21,22)16-7-3-6-15-13(19)17-11-4-2-5-12(10-11)18-8-9-23-14(18)20/h2,4-5,10,16H,3,6-9H2,1H3,(H2,15,17,19). The SMILES string of the molecule is CS(=O)(=O)NCCCNC(=O)Nc1cccc(N2CCOC2=O)c1. The lowest BCUT2D eigenvalue weighted by atomic mass is 10.2. The highest BCUT2D eigenvalue weighted by molar-refractivity contribution is 7.88. The van der Waals surface area contributed by atoms with Gasteiger partial charge in [0, 0.05) is 24.5 Å². The Morgan fingerprint density at radius 3 is 2.79 bits per heavy atom. The van der Waals surface area contributed by atoms with E-state index in [9.17, 15) is 18.0 Å². The monoisotopic (exact) mass is 356 g/mol. The van der Waals surface area contributed by atoms with Crippen LogP contribution in [0.5, 0.6) is 0 Å². The largest absolute Gasteiger partial charge is 0.447 e. The summed E-state index contributed by atoms with van der Waals surface area (Å²) >= 11 is 0. The number of ether oxygens (including phenoxy) is 1. The Morgan fingerprint density at radius 1 is 1.33 bits per heavy atom. The van der Waals surface area contributed by atoms with Crippen LogP contribution in [0.1, 0.15) is 6.42 Å². The number of carbonyl (C=O) groups excluding carboxylic acids is 2. The van der Waals surface area contributed by atoms with Gasteiger partial charge in [-0.2, -0.15) is 0 Å². The van der Waals surface area contributed by atoms with Crippen molar-refractivity contribution in [3.63, 3.8) is 0 Å². The molecule has 9 nitrogen and oxygen atoms in total.